The van der Waals surface area contributed by atoms with Gasteiger partial charge in [0.2, 0.25) is 11.9 Å². The molecule has 0 atom stereocenters. The third-order valence-electron chi connectivity index (χ3n) is 1.96. The maximum absolute atomic E-state index is 5.47. The van der Waals surface area contributed by atoms with Crippen molar-refractivity contribution in [1.82, 2.24) is 24.5 Å². The first kappa shape index (κ1) is 14.6. The van der Waals surface area contributed by atoms with Crippen LogP contribution in [0.15, 0.2) is 6.33 Å². The van der Waals surface area contributed by atoms with E-state index in [1.807, 2.05) is 13.8 Å². The van der Waals surface area contributed by atoms with E-state index in [0.717, 1.165) is 7.40 Å². The van der Waals surface area contributed by atoms with Crippen LogP contribution >= 0.6 is 45.2 Å². The minimum absolute atomic E-state index is 0.0390. The van der Waals surface area contributed by atoms with Gasteiger partial charge in [0.25, 0.3) is 0 Å². The van der Waals surface area contributed by atoms with E-state index in [0.29, 0.717) is 5.95 Å². The Labute approximate surface area is 136 Å². The molecule has 0 aliphatic heterocycles. The molecule has 2 aromatic rings. The summed E-state index contributed by atoms with van der Waals surface area (Å²) in [4.78, 5) is 16.6. The minimum atomic E-state index is -0.0390. The maximum Gasteiger partial charge on any atom is 0.323 e. The van der Waals surface area contributed by atoms with Gasteiger partial charge in [-0.2, -0.15) is 15.0 Å². The molecule has 2 aromatic heterocycles. The van der Waals surface area contributed by atoms with E-state index in [2.05, 4.69) is 70.5 Å². The number of hydrogen-bond acceptors (Lipinski definition) is 7. The van der Waals surface area contributed by atoms with E-state index < -0.39 is 0 Å². The number of halogens is 2. The summed E-state index contributed by atoms with van der Waals surface area (Å²) in [6.45, 7) is 3.78. The molecule has 19 heavy (non-hydrogen) atoms. The van der Waals surface area contributed by atoms with Crippen molar-refractivity contribution in [2.75, 3.05) is 5.43 Å². The van der Waals surface area contributed by atoms with Crippen LogP contribution < -0.4 is 16.0 Å². The van der Waals surface area contributed by atoms with Gasteiger partial charge in [-0.1, -0.05) is 0 Å². The van der Waals surface area contributed by atoms with Crippen LogP contribution in [-0.4, -0.2) is 30.6 Å². The average molecular weight is 487 g/mol. The number of hydrogen-bond donors (Lipinski definition) is 2. The Morgan fingerprint density at radius 1 is 1.32 bits per heavy atom. The lowest BCUT2D eigenvalue weighted by Crippen LogP contribution is -2.16. The van der Waals surface area contributed by atoms with Crippen LogP contribution in [0.2, 0.25) is 0 Å². The molecule has 0 amide bonds. The Hall–Kier alpha value is -0.760. The van der Waals surface area contributed by atoms with Gasteiger partial charge in [-0.05, 0) is 59.0 Å². The lowest BCUT2D eigenvalue weighted by atomic mass is 10.5. The number of rotatable bonds is 4. The van der Waals surface area contributed by atoms with Gasteiger partial charge in [0.05, 0.1) is 6.10 Å². The Balaban J connectivity index is 2.47. The molecule has 0 fully saturated rings. The number of hydrazine groups is 1. The average Bonchev–Trinajstić information content (AvgIpc) is 2.69. The highest BCUT2D eigenvalue weighted by molar-refractivity contribution is 14.1. The summed E-state index contributed by atoms with van der Waals surface area (Å²) in [5.74, 6) is 5.99. The molecule has 0 spiro atoms. The van der Waals surface area contributed by atoms with Crippen molar-refractivity contribution in [3.8, 4) is 12.0 Å². The summed E-state index contributed by atoms with van der Waals surface area (Å²) in [5, 5.41) is 0. The van der Waals surface area contributed by atoms with Gasteiger partial charge in [-0.3, -0.25) is 9.99 Å². The number of nitrogens with two attached hydrogens (primary N) is 1. The van der Waals surface area contributed by atoms with Gasteiger partial charge in [0.1, 0.15) is 13.7 Å². The molecule has 2 heterocycles. The van der Waals surface area contributed by atoms with Crippen LogP contribution in [0.3, 0.4) is 0 Å². The first-order valence-corrected chi connectivity index (χ1v) is 7.45. The van der Waals surface area contributed by atoms with Crippen LogP contribution in [0.4, 0.5) is 5.95 Å². The predicted octanol–water partition coefficient (Wildman–Crippen LogP) is 1.34. The van der Waals surface area contributed by atoms with E-state index in [9.17, 15) is 0 Å². The number of nitrogens with one attached hydrogen (secondary N) is 1. The Bertz CT molecular complexity index is 586. The lowest BCUT2D eigenvalue weighted by Gasteiger charge is -2.10. The molecule has 0 radical (unpaired) electrons. The molecular weight excluding hydrogens is 476 g/mol. The summed E-state index contributed by atoms with van der Waals surface area (Å²) in [6.07, 6.45) is 1.60. The molecule has 10 heteroatoms. The van der Waals surface area contributed by atoms with Crippen LogP contribution in [0.1, 0.15) is 13.8 Å². The third-order valence-corrected chi connectivity index (χ3v) is 4.81. The quantitative estimate of drug-likeness (QED) is 0.382. The number of nitrogens with zero attached hydrogens (tertiary/aromatic N) is 5. The highest BCUT2D eigenvalue weighted by Gasteiger charge is 2.14. The van der Waals surface area contributed by atoms with Crippen molar-refractivity contribution >= 4 is 51.1 Å². The molecule has 102 valence electrons. The molecule has 3 N–H and O–H groups in total. The van der Waals surface area contributed by atoms with E-state index in [4.69, 9.17) is 10.6 Å². The number of aromatic nitrogens is 5. The van der Waals surface area contributed by atoms with Crippen LogP contribution in [0.25, 0.3) is 5.95 Å². The van der Waals surface area contributed by atoms with Crippen molar-refractivity contribution in [3.63, 3.8) is 0 Å². The van der Waals surface area contributed by atoms with Gasteiger partial charge in [0.15, 0.2) is 0 Å². The van der Waals surface area contributed by atoms with Gasteiger partial charge in [0, 0.05) is 0 Å². The highest BCUT2D eigenvalue weighted by atomic mass is 127. The van der Waals surface area contributed by atoms with Gasteiger partial charge in [-0.25, -0.2) is 10.8 Å². The number of ether oxygens (including phenoxy) is 1. The van der Waals surface area contributed by atoms with Crippen LogP contribution in [0, 0.1) is 7.40 Å². The van der Waals surface area contributed by atoms with Crippen molar-refractivity contribution in [2.45, 2.75) is 20.0 Å². The molecule has 0 saturated heterocycles. The SMILES string of the molecule is CC(C)Oc1nc(NN)nc(-n2cnc(I)c2I)n1. The smallest absolute Gasteiger partial charge is 0.323 e. The fourth-order valence-electron chi connectivity index (χ4n) is 1.23. The second-order valence-electron chi connectivity index (χ2n) is 3.75. The van der Waals surface area contributed by atoms with Gasteiger partial charge >= 0.3 is 6.01 Å². The molecule has 0 unspecified atom stereocenters. The lowest BCUT2D eigenvalue weighted by molar-refractivity contribution is 0.221. The topological polar surface area (TPSA) is 104 Å². The number of anilines is 1. The van der Waals surface area contributed by atoms with Crippen molar-refractivity contribution in [1.29, 1.82) is 0 Å². The highest BCUT2D eigenvalue weighted by Crippen LogP contribution is 2.18. The molecule has 0 aliphatic rings. The molecule has 2 rings (SSSR count). The monoisotopic (exact) mass is 487 g/mol. The molecule has 0 bridgehead atoms. The van der Waals surface area contributed by atoms with Crippen molar-refractivity contribution < 1.29 is 4.74 Å². The molecule has 0 aromatic carbocycles. The molecule has 0 aliphatic carbocycles. The van der Waals surface area contributed by atoms with Gasteiger partial charge < -0.3 is 4.74 Å². The Morgan fingerprint density at radius 2 is 2.05 bits per heavy atom. The van der Waals surface area contributed by atoms with Gasteiger partial charge in [-0.15, -0.1) is 0 Å². The summed E-state index contributed by atoms with van der Waals surface area (Å²) in [6, 6.07) is 0.215. The Morgan fingerprint density at radius 3 is 2.58 bits per heavy atom. The number of imidazole rings is 1. The molecule has 0 saturated carbocycles. The zero-order valence-electron chi connectivity index (χ0n) is 10.1. The Kier molecular flexibility index (Phi) is 4.72. The minimum Gasteiger partial charge on any atom is -0.461 e. The zero-order valence-corrected chi connectivity index (χ0v) is 14.4. The van der Waals surface area contributed by atoms with Crippen molar-refractivity contribution in [3.05, 3.63) is 13.7 Å². The molecule has 8 nitrogen and oxygen atoms in total. The first-order chi connectivity index (χ1) is 9.01. The summed E-state index contributed by atoms with van der Waals surface area (Å²) < 4.78 is 8.98. The van der Waals surface area contributed by atoms with Crippen LogP contribution in [-0.2, 0) is 0 Å². The van der Waals surface area contributed by atoms with E-state index >= 15 is 0 Å². The summed E-state index contributed by atoms with van der Waals surface area (Å²) >= 11 is 4.30. The van der Waals surface area contributed by atoms with E-state index in [1.54, 1.807) is 10.9 Å². The van der Waals surface area contributed by atoms with E-state index in [1.165, 1.54) is 0 Å². The second kappa shape index (κ2) is 6.13. The standard InChI is InChI=1S/C9H11I2N7O/c1-4(2)19-9-15-7(17-12)14-8(16-9)18-3-13-5(10)6(18)11/h3-4H,12H2,1-2H3,(H,14,15,16,17). The fraction of sp³-hybridized carbons (Fsp3) is 0.333. The second-order valence-corrected chi connectivity index (χ2v) is 5.79. The maximum atomic E-state index is 5.47. The normalized spacial score (nSPS) is 10.8. The number of nitrogen functional groups attached to an aromatic ring is 1. The molecular formula is C9H11I2N7O. The van der Waals surface area contributed by atoms with E-state index in [-0.39, 0.29) is 18.1 Å². The van der Waals surface area contributed by atoms with Crippen LogP contribution in [0.5, 0.6) is 6.01 Å². The van der Waals surface area contributed by atoms with Crippen molar-refractivity contribution in [2.24, 2.45) is 5.84 Å². The zero-order chi connectivity index (χ0) is 14.0. The largest absolute Gasteiger partial charge is 0.461 e. The summed E-state index contributed by atoms with van der Waals surface area (Å²) in [7, 11) is 0. The fourth-order valence-corrected chi connectivity index (χ4v) is 2.10. The predicted molar refractivity (Wildman–Crippen MR) is 86.0 cm³/mol. The third kappa shape index (κ3) is 3.42. The first-order valence-electron chi connectivity index (χ1n) is 5.29. The summed E-state index contributed by atoms with van der Waals surface area (Å²) in [5.41, 5.74) is 2.40.